The summed E-state index contributed by atoms with van der Waals surface area (Å²) in [7, 11) is 0. The Morgan fingerprint density at radius 1 is 0.492 bits per heavy atom. The first kappa shape index (κ1) is 48.8. The van der Waals surface area contributed by atoms with Gasteiger partial charge in [-0.2, -0.15) is 0 Å². The van der Waals surface area contributed by atoms with Crippen LogP contribution in [0.4, 0.5) is 0 Å². The van der Waals surface area contributed by atoms with Crippen LogP contribution in [0.25, 0.3) is 0 Å². The van der Waals surface area contributed by atoms with E-state index in [2.05, 4.69) is 212 Å². The number of rotatable bonds is 4. The maximum absolute atomic E-state index is 6.22. The van der Waals surface area contributed by atoms with Gasteiger partial charge in [0.05, 0.1) is 0 Å². The molecule has 0 saturated heterocycles. The van der Waals surface area contributed by atoms with Gasteiger partial charge >= 0.3 is 0 Å². The van der Waals surface area contributed by atoms with Gasteiger partial charge in [-0.3, -0.25) is 0 Å². The molecule has 1 heterocycles. The maximum Gasteiger partial charge on any atom is 0.124 e. The molecule has 0 amide bonds. The van der Waals surface area contributed by atoms with Crippen LogP contribution in [0.15, 0.2) is 115 Å². The Balaban J connectivity index is 0.000000189. The molecule has 0 saturated carbocycles. The molecule has 324 valence electrons. The maximum atomic E-state index is 6.22. The molecule has 1 aliphatic carbocycles. The number of fused-ring (bicyclic) bond motifs is 2. The molecule has 2 unspecified atom stereocenters. The van der Waals surface area contributed by atoms with Crippen LogP contribution in [-0.4, -0.2) is 0 Å². The summed E-state index contributed by atoms with van der Waals surface area (Å²) in [6, 6.07) is 42.2. The van der Waals surface area contributed by atoms with Crippen molar-refractivity contribution >= 4 is 0 Å². The molecule has 8 rings (SSSR count). The number of hydrogen-bond acceptors (Lipinski definition) is 1. The number of aryl methyl sites for hydroxylation is 12. The van der Waals surface area contributed by atoms with Gasteiger partial charge in [-0.05, 0) is 173 Å². The van der Waals surface area contributed by atoms with Gasteiger partial charge in [0.25, 0.3) is 0 Å². The van der Waals surface area contributed by atoms with Crippen molar-refractivity contribution in [2.24, 2.45) is 0 Å². The lowest BCUT2D eigenvalue weighted by molar-refractivity contribution is 0.176. The van der Waals surface area contributed by atoms with Crippen molar-refractivity contribution in [1.82, 2.24) is 0 Å². The highest BCUT2D eigenvalue weighted by Crippen LogP contribution is 2.54. The summed E-state index contributed by atoms with van der Waals surface area (Å²) in [6.07, 6.45) is 5.84. The van der Waals surface area contributed by atoms with E-state index in [4.69, 9.17) is 4.74 Å². The molecule has 1 nitrogen and oxygen atoms in total. The predicted octanol–water partition coefficient (Wildman–Crippen LogP) is 16.7. The molecule has 1 heteroatoms. The van der Waals surface area contributed by atoms with Crippen molar-refractivity contribution in [3.8, 4) is 5.75 Å². The molecular formula is C60H78O. The minimum Gasteiger partial charge on any atom is -0.485 e. The largest absolute Gasteiger partial charge is 0.485 e. The first-order valence-electron chi connectivity index (χ1n) is 23.1. The highest BCUT2D eigenvalue weighted by molar-refractivity contribution is 5.56. The fourth-order valence-corrected chi connectivity index (χ4v) is 9.22. The van der Waals surface area contributed by atoms with Crippen LogP contribution in [0.2, 0.25) is 0 Å². The van der Waals surface area contributed by atoms with Gasteiger partial charge in [0.2, 0.25) is 0 Å². The van der Waals surface area contributed by atoms with Gasteiger partial charge in [0.15, 0.2) is 0 Å². The lowest BCUT2D eigenvalue weighted by Gasteiger charge is -2.30. The third-order valence-electron chi connectivity index (χ3n) is 12.7. The van der Waals surface area contributed by atoms with Gasteiger partial charge in [0.1, 0.15) is 11.9 Å². The summed E-state index contributed by atoms with van der Waals surface area (Å²) < 4.78 is 6.22. The molecule has 0 aromatic heterocycles. The average Bonchev–Trinajstić information content (AvgIpc) is 3.42. The Bertz CT molecular complexity index is 2340. The zero-order valence-electron chi connectivity index (χ0n) is 41.0. The molecule has 2 aliphatic rings. The Kier molecular flexibility index (Phi) is 17.4. The van der Waals surface area contributed by atoms with Crippen LogP contribution in [0, 0.1) is 62.3 Å². The van der Waals surface area contributed by atoms with Crippen LogP contribution in [0.3, 0.4) is 0 Å². The smallest absolute Gasteiger partial charge is 0.124 e. The summed E-state index contributed by atoms with van der Waals surface area (Å²) in [5.41, 5.74) is 22.6. The lowest BCUT2D eigenvalue weighted by atomic mass is 9.73. The second-order valence-corrected chi connectivity index (χ2v) is 18.5. The van der Waals surface area contributed by atoms with E-state index in [1.165, 1.54) is 95.4 Å². The molecule has 6 aromatic rings. The number of hydrogen-bond donors (Lipinski definition) is 0. The average molecular weight is 815 g/mol. The van der Waals surface area contributed by atoms with E-state index in [0.29, 0.717) is 0 Å². The SMILES string of the molecule is CC.CCc1ccc(C)cc1.CCc1cccc(C)c1.Cc1ccc(C2(C)CC(C)(C)c3cc(C)c(C)cc32)c(C)c1.Cc1ccc(C2CCc3ccc(C)cc3O2)c(C)c1. The highest BCUT2D eigenvalue weighted by atomic mass is 16.5. The van der Waals surface area contributed by atoms with E-state index in [-0.39, 0.29) is 16.9 Å². The van der Waals surface area contributed by atoms with Crippen molar-refractivity contribution in [2.45, 2.75) is 160 Å². The second kappa shape index (κ2) is 21.8. The van der Waals surface area contributed by atoms with Gasteiger partial charge in [0, 0.05) is 5.41 Å². The fourth-order valence-electron chi connectivity index (χ4n) is 9.22. The van der Waals surface area contributed by atoms with Crippen LogP contribution >= 0.6 is 0 Å². The third-order valence-corrected chi connectivity index (χ3v) is 12.7. The summed E-state index contributed by atoms with van der Waals surface area (Å²) in [5, 5.41) is 0. The van der Waals surface area contributed by atoms with E-state index >= 15 is 0 Å². The summed E-state index contributed by atoms with van der Waals surface area (Å²) >= 11 is 0. The standard InChI is InChI=1S/C22H28.C18H20O.2C9H12.C2H6/c1-14-8-9-18(17(4)10-14)22(7)13-21(5,6)19-11-15(2)16(3)12-20(19)22;1-12-5-8-16(14(3)10-12)17-9-7-15-6-4-13(2)11-18(15)19-17;1-3-9-6-4-8(2)5-7-9;1-3-9-6-4-5-8(2)7-9;1-2/h8-12H,13H2,1-7H3;4-6,8,10-11,17H,7,9H2,1-3H3;2*4-7H,3H2,1-2H3;1-2H3. The highest BCUT2D eigenvalue weighted by Gasteiger charge is 2.46. The monoisotopic (exact) mass is 815 g/mol. The summed E-state index contributed by atoms with van der Waals surface area (Å²) in [6.45, 7) is 35.2. The topological polar surface area (TPSA) is 9.23 Å². The minimum atomic E-state index is 0.120. The zero-order chi connectivity index (χ0) is 45.1. The van der Waals surface area contributed by atoms with Crippen molar-refractivity contribution in [3.05, 3.63) is 204 Å². The fraction of sp³-hybridized carbons (Fsp3) is 0.400. The van der Waals surface area contributed by atoms with Crippen LogP contribution in [0.5, 0.6) is 5.75 Å². The molecule has 61 heavy (non-hydrogen) atoms. The van der Waals surface area contributed by atoms with Crippen molar-refractivity contribution in [1.29, 1.82) is 0 Å². The molecule has 6 aromatic carbocycles. The second-order valence-electron chi connectivity index (χ2n) is 18.5. The number of benzene rings is 6. The molecule has 0 bridgehead atoms. The summed E-state index contributed by atoms with van der Waals surface area (Å²) in [5.74, 6) is 1.07. The van der Waals surface area contributed by atoms with E-state index in [9.17, 15) is 0 Å². The van der Waals surface area contributed by atoms with E-state index < -0.39 is 0 Å². The Labute approximate surface area is 373 Å². The van der Waals surface area contributed by atoms with Crippen molar-refractivity contribution in [2.75, 3.05) is 0 Å². The molecule has 2 atom stereocenters. The van der Waals surface area contributed by atoms with Crippen LogP contribution < -0.4 is 4.74 Å². The Morgan fingerprint density at radius 2 is 1.03 bits per heavy atom. The zero-order valence-corrected chi connectivity index (χ0v) is 41.0. The van der Waals surface area contributed by atoms with Gasteiger partial charge < -0.3 is 4.74 Å². The molecule has 0 radical (unpaired) electrons. The van der Waals surface area contributed by atoms with E-state index in [1.807, 2.05) is 13.8 Å². The molecule has 1 aliphatic heterocycles. The van der Waals surface area contributed by atoms with Gasteiger partial charge in [-0.25, -0.2) is 0 Å². The lowest BCUT2D eigenvalue weighted by Crippen LogP contribution is -2.24. The quantitative estimate of drug-likeness (QED) is 0.172. The van der Waals surface area contributed by atoms with E-state index in [0.717, 1.165) is 31.4 Å². The Hall–Kier alpha value is -4.88. The minimum absolute atomic E-state index is 0.120. The van der Waals surface area contributed by atoms with Crippen molar-refractivity contribution in [3.63, 3.8) is 0 Å². The summed E-state index contributed by atoms with van der Waals surface area (Å²) in [4.78, 5) is 0. The van der Waals surface area contributed by atoms with Gasteiger partial charge in [-0.1, -0.05) is 180 Å². The molecule has 0 N–H and O–H groups in total. The van der Waals surface area contributed by atoms with Crippen molar-refractivity contribution < 1.29 is 4.74 Å². The van der Waals surface area contributed by atoms with E-state index in [1.54, 1.807) is 0 Å². The third kappa shape index (κ3) is 12.6. The Morgan fingerprint density at radius 3 is 1.61 bits per heavy atom. The first-order valence-corrected chi connectivity index (χ1v) is 23.1. The molecular weight excluding hydrogens is 737 g/mol. The molecule has 0 fully saturated rings. The normalized spacial score (nSPS) is 16.6. The number of ether oxygens (including phenoxy) is 1. The van der Waals surface area contributed by atoms with Crippen LogP contribution in [0.1, 0.15) is 156 Å². The predicted molar refractivity (Wildman–Crippen MR) is 267 cm³/mol. The van der Waals surface area contributed by atoms with Crippen LogP contribution in [-0.2, 0) is 30.1 Å². The molecule has 0 spiro atoms. The first-order chi connectivity index (χ1) is 28.9. The van der Waals surface area contributed by atoms with Gasteiger partial charge in [-0.15, -0.1) is 0 Å².